The predicted octanol–water partition coefficient (Wildman–Crippen LogP) is 3.14. The van der Waals surface area contributed by atoms with Crippen molar-refractivity contribution in [1.82, 2.24) is 19.6 Å². The summed E-state index contributed by atoms with van der Waals surface area (Å²) in [6, 6.07) is 4.13. The lowest BCUT2D eigenvalue weighted by atomic mass is 10.0. The number of imidazole rings is 1. The summed E-state index contributed by atoms with van der Waals surface area (Å²) in [6.07, 6.45) is 5.63. The zero-order valence-corrected chi connectivity index (χ0v) is 13.2. The van der Waals surface area contributed by atoms with E-state index in [0.29, 0.717) is 0 Å². The smallest absolute Gasteiger partial charge is 0.173 e. The van der Waals surface area contributed by atoms with Crippen molar-refractivity contribution >= 4 is 17.4 Å². The molecule has 0 aliphatic heterocycles. The van der Waals surface area contributed by atoms with Gasteiger partial charge in [-0.3, -0.25) is 4.40 Å². The number of aromatic nitrogens is 4. The van der Waals surface area contributed by atoms with Crippen molar-refractivity contribution in [2.24, 2.45) is 0 Å². The molecule has 3 aromatic rings. The number of methoxy groups -OCH3 is 1. The normalized spacial score (nSPS) is 11.0. The molecule has 0 amide bonds. The fourth-order valence-corrected chi connectivity index (χ4v) is 2.95. The van der Waals surface area contributed by atoms with Crippen molar-refractivity contribution in [2.75, 3.05) is 13.4 Å². The van der Waals surface area contributed by atoms with E-state index in [2.05, 4.69) is 35.1 Å². The maximum absolute atomic E-state index is 5.54. The lowest BCUT2D eigenvalue weighted by Crippen LogP contribution is -2.03. The molecule has 3 rings (SSSR count). The summed E-state index contributed by atoms with van der Waals surface area (Å²) < 4.78 is 7.49. The Morgan fingerprint density at radius 2 is 2.00 bits per heavy atom. The van der Waals surface area contributed by atoms with Gasteiger partial charge in [-0.2, -0.15) is 0 Å². The molecule has 0 N–H and O–H groups in total. The Balaban J connectivity index is 2.34. The van der Waals surface area contributed by atoms with Crippen LogP contribution in [0.4, 0.5) is 0 Å². The molecular formula is C15H16N4OS. The number of hydrogen-bond donors (Lipinski definition) is 0. The molecule has 5 nitrogen and oxygen atoms in total. The molecule has 0 spiro atoms. The van der Waals surface area contributed by atoms with E-state index in [0.717, 1.165) is 38.9 Å². The molecule has 0 radical (unpaired) electrons. The Labute approximate surface area is 127 Å². The molecule has 0 saturated carbocycles. The number of nitrogens with zero attached hydrogens (tertiary/aromatic N) is 4. The number of rotatable bonds is 3. The maximum atomic E-state index is 5.54. The van der Waals surface area contributed by atoms with E-state index in [1.54, 1.807) is 13.3 Å². The minimum atomic E-state index is 0.745. The SMILES string of the molecule is COc1cc(C)cc(C)c1-c1nnc(SC)c2nccn12. The summed E-state index contributed by atoms with van der Waals surface area (Å²) in [7, 11) is 1.67. The van der Waals surface area contributed by atoms with Crippen LogP contribution in [0, 0.1) is 13.8 Å². The van der Waals surface area contributed by atoms with E-state index in [1.807, 2.05) is 22.9 Å². The van der Waals surface area contributed by atoms with Gasteiger partial charge in [-0.15, -0.1) is 22.0 Å². The van der Waals surface area contributed by atoms with Gasteiger partial charge in [-0.1, -0.05) is 6.07 Å². The molecule has 0 aliphatic rings. The second-order valence-electron chi connectivity index (χ2n) is 4.81. The summed E-state index contributed by atoms with van der Waals surface area (Å²) in [4.78, 5) is 4.38. The van der Waals surface area contributed by atoms with Gasteiger partial charge in [0.15, 0.2) is 16.5 Å². The van der Waals surface area contributed by atoms with Crippen LogP contribution in [-0.2, 0) is 0 Å². The van der Waals surface area contributed by atoms with Crippen molar-refractivity contribution in [3.63, 3.8) is 0 Å². The van der Waals surface area contributed by atoms with Crippen LogP contribution in [0.15, 0.2) is 29.6 Å². The van der Waals surface area contributed by atoms with Crippen LogP contribution in [0.3, 0.4) is 0 Å². The van der Waals surface area contributed by atoms with Gasteiger partial charge in [-0.25, -0.2) is 4.98 Å². The van der Waals surface area contributed by atoms with E-state index in [4.69, 9.17) is 4.74 Å². The summed E-state index contributed by atoms with van der Waals surface area (Å²) in [5.74, 6) is 1.54. The van der Waals surface area contributed by atoms with Crippen LogP contribution < -0.4 is 4.74 Å². The molecule has 0 atom stereocenters. The first-order chi connectivity index (χ1) is 10.2. The highest BCUT2D eigenvalue weighted by atomic mass is 32.2. The molecule has 2 heterocycles. The Hall–Kier alpha value is -2.08. The largest absolute Gasteiger partial charge is 0.496 e. The monoisotopic (exact) mass is 300 g/mol. The van der Waals surface area contributed by atoms with Crippen molar-refractivity contribution < 1.29 is 4.74 Å². The van der Waals surface area contributed by atoms with Crippen molar-refractivity contribution in [3.05, 3.63) is 35.7 Å². The Kier molecular flexibility index (Phi) is 3.55. The molecule has 0 aliphatic carbocycles. The number of benzene rings is 1. The third-order valence-electron chi connectivity index (χ3n) is 3.38. The Morgan fingerprint density at radius 1 is 1.19 bits per heavy atom. The zero-order chi connectivity index (χ0) is 15.0. The quantitative estimate of drug-likeness (QED) is 0.696. The average molecular weight is 300 g/mol. The number of ether oxygens (including phenoxy) is 1. The number of aryl methyl sites for hydroxylation is 2. The molecule has 0 fully saturated rings. The molecule has 0 bridgehead atoms. The Morgan fingerprint density at radius 3 is 2.71 bits per heavy atom. The van der Waals surface area contributed by atoms with Gasteiger partial charge in [0.1, 0.15) is 5.75 Å². The van der Waals surface area contributed by atoms with Gasteiger partial charge < -0.3 is 4.74 Å². The summed E-state index contributed by atoms with van der Waals surface area (Å²) in [6.45, 7) is 4.10. The second kappa shape index (κ2) is 5.37. The van der Waals surface area contributed by atoms with Crippen LogP contribution in [0.2, 0.25) is 0 Å². The minimum Gasteiger partial charge on any atom is -0.496 e. The second-order valence-corrected chi connectivity index (χ2v) is 5.61. The van der Waals surface area contributed by atoms with E-state index in [9.17, 15) is 0 Å². The third-order valence-corrected chi connectivity index (χ3v) is 4.03. The molecule has 108 valence electrons. The topological polar surface area (TPSA) is 52.3 Å². The predicted molar refractivity (Wildman–Crippen MR) is 84.0 cm³/mol. The van der Waals surface area contributed by atoms with Crippen molar-refractivity contribution in [1.29, 1.82) is 0 Å². The van der Waals surface area contributed by atoms with Crippen molar-refractivity contribution in [2.45, 2.75) is 18.9 Å². The van der Waals surface area contributed by atoms with Gasteiger partial charge >= 0.3 is 0 Å². The molecule has 21 heavy (non-hydrogen) atoms. The van der Waals surface area contributed by atoms with Gasteiger partial charge in [0, 0.05) is 12.4 Å². The van der Waals surface area contributed by atoms with Crippen LogP contribution in [0.25, 0.3) is 17.0 Å². The van der Waals surface area contributed by atoms with Gasteiger partial charge in [0.05, 0.1) is 12.7 Å². The number of fused-ring (bicyclic) bond motifs is 1. The van der Waals surface area contributed by atoms with Crippen LogP contribution in [-0.4, -0.2) is 32.9 Å². The summed E-state index contributed by atoms with van der Waals surface area (Å²) in [5.41, 5.74) is 4.03. The Bertz CT molecular complexity index is 813. The average Bonchev–Trinajstić information content (AvgIpc) is 2.95. The highest BCUT2D eigenvalue weighted by Crippen LogP contribution is 2.34. The number of thioether (sulfide) groups is 1. The van der Waals surface area contributed by atoms with Crippen LogP contribution in [0.5, 0.6) is 5.75 Å². The minimum absolute atomic E-state index is 0.745. The summed E-state index contributed by atoms with van der Waals surface area (Å²) in [5, 5.41) is 9.49. The van der Waals surface area contributed by atoms with Crippen LogP contribution in [0.1, 0.15) is 11.1 Å². The van der Waals surface area contributed by atoms with E-state index in [-0.39, 0.29) is 0 Å². The molecule has 0 unspecified atom stereocenters. The standard InChI is InChI=1S/C15H16N4OS/c1-9-7-10(2)12(11(8-9)20-3)13-17-18-15(21-4)14-16-5-6-19(13)14/h5-8H,1-4H3. The zero-order valence-electron chi connectivity index (χ0n) is 12.4. The molecule has 6 heteroatoms. The lowest BCUT2D eigenvalue weighted by molar-refractivity contribution is 0.415. The van der Waals surface area contributed by atoms with E-state index < -0.39 is 0 Å². The molecular weight excluding hydrogens is 284 g/mol. The van der Waals surface area contributed by atoms with E-state index >= 15 is 0 Å². The van der Waals surface area contributed by atoms with Gasteiger partial charge in [0.25, 0.3) is 0 Å². The fraction of sp³-hybridized carbons (Fsp3) is 0.267. The molecule has 1 aromatic carbocycles. The molecule has 0 saturated heterocycles. The highest BCUT2D eigenvalue weighted by Gasteiger charge is 2.17. The first-order valence-electron chi connectivity index (χ1n) is 6.55. The van der Waals surface area contributed by atoms with Crippen LogP contribution >= 0.6 is 11.8 Å². The highest BCUT2D eigenvalue weighted by molar-refractivity contribution is 7.98. The maximum Gasteiger partial charge on any atom is 0.173 e. The number of hydrogen-bond acceptors (Lipinski definition) is 5. The summed E-state index contributed by atoms with van der Waals surface area (Å²) >= 11 is 1.54. The van der Waals surface area contributed by atoms with Gasteiger partial charge in [0.2, 0.25) is 0 Å². The molecule has 2 aromatic heterocycles. The third kappa shape index (κ3) is 2.25. The first kappa shape index (κ1) is 13.9. The fourth-order valence-electron chi connectivity index (χ4n) is 2.50. The van der Waals surface area contributed by atoms with Crippen molar-refractivity contribution in [3.8, 4) is 17.1 Å². The van der Waals surface area contributed by atoms with Gasteiger partial charge in [-0.05, 0) is 37.3 Å². The van der Waals surface area contributed by atoms with E-state index in [1.165, 1.54) is 11.8 Å². The first-order valence-corrected chi connectivity index (χ1v) is 7.77. The lowest BCUT2D eigenvalue weighted by Gasteiger charge is -2.13.